The molecular formula is C19H27Cl2N3O. The number of β-amino-alcohol motifs (C(OH)–C–C–N with tert-alkyl or cyclic N) is 1. The Morgan fingerprint density at radius 1 is 1.08 bits per heavy atom. The van der Waals surface area contributed by atoms with Gasteiger partial charge in [-0.1, -0.05) is 18.2 Å². The number of piperidine rings is 1. The molecule has 0 unspecified atom stereocenters. The number of aliphatic hydroxyl groups is 1. The topological polar surface area (TPSA) is 48.4 Å². The molecule has 2 aliphatic rings. The van der Waals surface area contributed by atoms with Crippen molar-refractivity contribution in [3.8, 4) is 0 Å². The highest BCUT2D eigenvalue weighted by Crippen LogP contribution is 2.28. The second kappa shape index (κ2) is 9.15. The lowest BCUT2D eigenvalue weighted by Gasteiger charge is -2.31. The van der Waals surface area contributed by atoms with Gasteiger partial charge in [0.15, 0.2) is 0 Å². The number of benzene rings is 1. The number of nitrogens with zero attached hydrogens (tertiary/aromatic N) is 2. The van der Waals surface area contributed by atoms with Gasteiger partial charge < -0.3 is 10.4 Å². The molecule has 2 fully saturated rings. The molecule has 0 spiro atoms. The van der Waals surface area contributed by atoms with Crippen LogP contribution < -0.4 is 5.32 Å². The van der Waals surface area contributed by atoms with E-state index in [1.54, 1.807) is 0 Å². The van der Waals surface area contributed by atoms with Crippen LogP contribution in [-0.4, -0.2) is 53.3 Å². The normalized spacial score (nSPS) is 24.7. The van der Waals surface area contributed by atoms with Crippen molar-refractivity contribution in [2.24, 2.45) is 5.92 Å². The number of nitrogens with one attached hydrogen (secondary N) is 1. The van der Waals surface area contributed by atoms with Crippen LogP contribution in [0.1, 0.15) is 18.4 Å². The number of hydrogen-bond donors (Lipinski definition) is 2. The number of likely N-dealkylation sites (tertiary alicyclic amines) is 1. The summed E-state index contributed by atoms with van der Waals surface area (Å²) < 4.78 is 0. The smallest absolute Gasteiger partial charge is 0.0710 e. The van der Waals surface area contributed by atoms with Gasteiger partial charge >= 0.3 is 0 Å². The van der Waals surface area contributed by atoms with Crippen molar-refractivity contribution in [3.05, 3.63) is 42.1 Å². The Kier molecular flexibility index (Phi) is 7.47. The van der Waals surface area contributed by atoms with E-state index in [1.807, 2.05) is 12.3 Å². The maximum atomic E-state index is 10.6. The molecule has 4 nitrogen and oxygen atoms in total. The van der Waals surface area contributed by atoms with Crippen molar-refractivity contribution < 1.29 is 5.11 Å². The van der Waals surface area contributed by atoms with Crippen molar-refractivity contribution in [1.82, 2.24) is 15.2 Å². The molecule has 4 rings (SSSR count). The van der Waals surface area contributed by atoms with Crippen molar-refractivity contribution in [1.29, 1.82) is 0 Å². The maximum Gasteiger partial charge on any atom is 0.0710 e. The molecule has 1 aromatic carbocycles. The molecule has 2 atom stereocenters. The lowest BCUT2D eigenvalue weighted by Crippen LogP contribution is -2.42. The second-order valence-electron chi connectivity index (χ2n) is 6.95. The molecule has 25 heavy (non-hydrogen) atoms. The summed E-state index contributed by atoms with van der Waals surface area (Å²) in [5, 5.41) is 15.2. The minimum atomic E-state index is -0.211. The number of aliphatic hydroxyl groups excluding tert-OH is 1. The summed E-state index contributed by atoms with van der Waals surface area (Å²) in [5.41, 5.74) is 2.36. The third kappa shape index (κ3) is 4.44. The number of aromatic nitrogens is 1. The van der Waals surface area contributed by atoms with Gasteiger partial charge in [0.05, 0.1) is 11.6 Å². The van der Waals surface area contributed by atoms with Crippen molar-refractivity contribution >= 4 is 35.7 Å². The van der Waals surface area contributed by atoms with Gasteiger partial charge in [-0.2, -0.15) is 0 Å². The predicted octanol–water partition coefficient (Wildman–Crippen LogP) is 2.67. The average Bonchev–Trinajstić information content (AvgIpc) is 2.97. The Bertz CT molecular complexity index is 673. The molecule has 2 aliphatic heterocycles. The minimum Gasteiger partial charge on any atom is -0.391 e. The number of para-hydroxylation sites is 1. The standard InChI is InChI=1S/C19H25N3O.2ClH/c23-19-13-22(16-6-8-20-9-7-16)12-15(19)11-14-5-10-21-18-4-2-1-3-17(14)18;;/h1-5,10,15-16,19-20,23H,6-9,11-13H2;2*1H/t15-,19-;;/m1../s1. The van der Waals surface area contributed by atoms with E-state index >= 15 is 0 Å². The molecule has 1 aromatic heterocycles. The molecule has 3 heterocycles. The van der Waals surface area contributed by atoms with Crippen LogP contribution in [-0.2, 0) is 6.42 Å². The first-order valence-electron chi connectivity index (χ1n) is 8.77. The summed E-state index contributed by atoms with van der Waals surface area (Å²) in [6, 6.07) is 11.1. The Morgan fingerprint density at radius 2 is 1.84 bits per heavy atom. The molecule has 2 aromatic rings. The third-order valence-electron chi connectivity index (χ3n) is 5.48. The van der Waals surface area contributed by atoms with Crippen LogP contribution in [0.5, 0.6) is 0 Å². The van der Waals surface area contributed by atoms with E-state index in [0.717, 1.165) is 38.1 Å². The quantitative estimate of drug-likeness (QED) is 0.855. The Balaban J connectivity index is 0.00000113. The minimum absolute atomic E-state index is 0. The monoisotopic (exact) mass is 383 g/mol. The van der Waals surface area contributed by atoms with E-state index in [4.69, 9.17) is 0 Å². The van der Waals surface area contributed by atoms with Crippen LogP contribution in [0.2, 0.25) is 0 Å². The molecule has 0 radical (unpaired) electrons. The molecule has 0 saturated carbocycles. The molecule has 138 valence electrons. The molecule has 0 bridgehead atoms. The van der Waals surface area contributed by atoms with Gasteiger partial charge in [0, 0.05) is 36.6 Å². The van der Waals surface area contributed by atoms with Crippen molar-refractivity contribution in [3.63, 3.8) is 0 Å². The van der Waals surface area contributed by atoms with Gasteiger partial charge in [0.1, 0.15) is 0 Å². The highest BCUT2D eigenvalue weighted by molar-refractivity contribution is 5.85. The molecule has 2 N–H and O–H groups in total. The number of pyridine rings is 1. The first-order chi connectivity index (χ1) is 11.3. The summed E-state index contributed by atoms with van der Waals surface area (Å²) in [4.78, 5) is 6.96. The first kappa shape index (κ1) is 20.4. The number of fused-ring (bicyclic) bond motifs is 1. The van der Waals surface area contributed by atoms with Crippen molar-refractivity contribution in [2.75, 3.05) is 26.2 Å². The van der Waals surface area contributed by atoms with E-state index in [-0.39, 0.29) is 30.9 Å². The summed E-state index contributed by atoms with van der Waals surface area (Å²) >= 11 is 0. The Morgan fingerprint density at radius 3 is 2.64 bits per heavy atom. The lowest BCUT2D eigenvalue weighted by molar-refractivity contribution is 0.130. The van der Waals surface area contributed by atoms with Gasteiger partial charge in [-0.05, 0) is 50.0 Å². The van der Waals surface area contributed by atoms with Gasteiger partial charge in [0.2, 0.25) is 0 Å². The van der Waals surface area contributed by atoms with Gasteiger partial charge in [-0.25, -0.2) is 0 Å². The summed E-state index contributed by atoms with van der Waals surface area (Å²) in [7, 11) is 0. The fourth-order valence-corrected chi connectivity index (χ4v) is 4.17. The van der Waals surface area contributed by atoms with E-state index in [0.29, 0.717) is 12.0 Å². The molecule has 2 saturated heterocycles. The number of halogens is 2. The fourth-order valence-electron chi connectivity index (χ4n) is 4.17. The Labute approximate surface area is 161 Å². The highest BCUT2D eigenvalue weighted by atomic mass is 35.5. The lowest BCUT2D eigenvalue weighted by atomic mass is 9.94. The first-order valence-corrected chi connectivity index (χ1v) is 8.77. The van der Waals surface area contributed by atoms with Crippen LogP contribution in [0, 0.1) is 5.92 Å². The Hall–Kier alpha value is -0.910. The van der Waals surface area contributed by atoms with E-state index in [2.05, 4.69) is 39.5 Å². The number of hydrogen-bond acceptors (Lipinski definition) is 4. The fraction of sp³-hybridized carbons (Fsp3) is 0.526. The van der Waals surface area contributed by atoms with E-state index in [1.165, 1.54) is 23.8 Å². The van der Waals surface area contributed by atoms with Crippen LogP contribution >= 0.6 is 24.8 Å². The molecule has 0 amide bonds. The summed E-state index contributed by atoms with van der Waals surface area (Å²) in [5.74, 6) is 0.329. The summed E-state index contributed by atoms with van der Waals surface area (Å²) in [6.07, 6.45) is 5.03. The zero-order valence-electron chi connectivity index (χ0n) is 14.3. The molecule has 6 heteroatoms. The predicted molar refractivity (Wildman–Crippen MR) is 107 cm³/mol. The van der Waals surface area contributed by atoms with Crippen molar-refractivity contribution in [2.45, 2.75) is 31.4 Å². The SMILES string of the molecule is Cl.Cl.O[C@@H]1CN(C2CCNCC2)C[C@H]1Cc1ccnc2ccccc12. The number of rotatable bonds is 3. The largest absolute Gasteiger partial charge is 0.391 e. The van der Waals surface area contributed by atoms with Gasteiger partial charge in [0.25, 0.3) is 0 Å². The van der Waals surface area contributed by atoms with Crippen LogP contribution in [0.4, 0.5) is 0 Å². The van der Waals surface area contributed by atoms with E-state index in [9.17, 15) is 5.11 Å². The zero-order valence-corrected chi connectivity index (χ0v) is 15.9. The molecule has 0 aliphatic carbocycles. The van der Waals surface area contributed by atoms with Gasteiger partial charge in [-0.3, -0.25) is 9.88 Å². The van der Waals surface area contributed by atoms with Crippen LogP contribution in [0.25, 0.3) is 10.9 Å². The van der Waals surface area contributed by atoms with Gasteiger partial charge in [-0.15, -0.1) is 24.8 Å². The van der Waals surface area contributed by atoms with Crippen LogP contribution in [0.15, 0.2) is 36.5 Å². The zero-order chi connectivity index (χ0) is 15.6. The summed E-state index contributed by atoms with van der Waals surface area (Å²) in [6.45, 7) is 4.06. The highest BCUT2D eigenvalue weighted by Gasteiger charge is 2.35. The second-order valence-corrected chi connectivity index (χ2v) is 6.95. The van der Waals surface area contributed by atoms with E-state index < -0.39 is 0 Å². The van der Waals surface area contributed by atoms with Crippen LogP contribution in [0.3, 0.4) is 0 Å². The molecular weight excluding hydrogens is 357 g/mol. The third-order valence-corrected chi connectivity index (χ3v) is 5.48. The average molecular weight is 384 g/mol. The maximum absolute atomic E-state index is 10.6.